The van der Waals surface area contributed by atoms with E-state index in [4.69, 9.17) is 21.6 Å². The van der Waals surface area contributed by atoms with Gasteiger partial charge in [0.1, 0.15) is 17.6 Å². The van der Waals surface area contributed by atoms with Gasteiger partial charge in [-0.25, -0.2) is 4.39 Å². The number of hydrogen-bond acceptors (Lipinski definition) is 3. The molecule has 1 unspecified atom stereocenters. The summed E-state index contributed by atoms with van der Waals surface area (Å²) in [6.07, 6.45) is 0. The maximum absolute atomic E-state index is 14.0. The lowest BCUT2D eigenvalue weighted by Crippen LogP contribution is -2.09. The molecule has 0 saturated carbocycles. The van der Waals surface area contributed by atoms with Crippen LogP contribution in [-0.4, -0.2) is 7.11 Å². The van der Waals surface area contributed by atoms with Crippen LogP contribution < -0.4 is 10.1 Å². The summed E-state index contributed by atoms with van der Waals surface area (Å²) in [7, 11) is 1.49. The van der Waals surface area contributed by atoms with Crippen molar-refractivity contribution in [2.75, 3.05) is 12.4 Å². The highest BCUT2D eigenvalue weighted by Gasteiger charge is 2.12. The topological polar surface area (TPSA) is 45.0 Å². The van der Waals surface area contributed by atoms with Gasteiger partial charge in [0.05, 0.1) is 23.7 Å². The van der Waals surface area contributed by atoms with E-state index in [1.165, 1.54) is 13.2 Å². The fourth-order valence-electron chi connectivity index (χ4n) is 2.01. The van der Waals surface area contributed by atoms with Gasteiger partial charge in [-0.2, -0.15) is 5.26 Å². The van der Waals surface area contributed by atoms with Crippen LogP contribution in [0.3, 0.4) is 0 Å². The van der Waals surface area contributed by atoms with Gasteiger partial charge in [0.15, 0.2) is 0 Å². The first kappa shape index (κ1) is 15.1. The van der Waals surface area contributed by atoms with E-state index in [1.54, 1.807) is 30.3 Å². The average molecular weight is 305 g/mol. The maximum atomic E-state index is 14.0. The third-order valence-electron chi connectivity index (χ3n) is 3.14. The maximum Gasteiger partial charge on any atom is 0.132 e. The van der Waals surface area contributed by atoms with Crippen LogP contribution in [0.25, 0.3) is 0 Å². The zero-order chi connectivity index (χ0) is 15.4. The first-order valence-electron chi connectivity index (χ1n) is 6.34. The molecule has 0 aliphatic heterocycles. The zero-order valence-electron chi connectivity index (χ0n) is 11.7. The summed E-state index contributed by atoms with van der Waals surface area (Å²) in [6.45, 7) is 1.84. The fourth-order valence-corrected chi connectivity index (χ4v) is 2.17. The molecule has 0 fully saturated rings. The number of nitrogens with one attached hydrogen (secondary N) is 1. The quantitative estimate of drug-likeness (QED) is 0.902. The van der Waals surface area contributed by atoms with E-state index in [0.29, 0.717) is 27.6 Å². The Morgan fingerprint density at radius 3 is 2.67 bits per heavy atom. The van der Waals surface area contributed by atoms with Crippen molar-refractivity contribution >= 4 is 17.3 Å². The van der Waals surface area contributed by atoms with Gasteiger partial charge >= 0.3 is 0 Å². The number of nitriles is 1. The Balaban J connectivity index is 2.22. The van der Waals surface area contributed by atoms with E-state index in [0.717, 1.165) is 0 Å². The van der Waals surface area contributed by atoms with Gasteiger partial charge in [0.25, 0.3) is 0 Å². The molecule has 2 aromatic rings. The van der Waals surface area contributed by atoms with Gasteiger partial charge in [-0.3, -0.25) is 0 Å². The number of rotatable bonds is 4. The van der Waals surface area contributed by atoms with Crippen LogP contribution in [0.5, 0.6) is 5.75 Å². The van der Waals surface area contributed by atoms with Gasteiger partial charge in [0, 0.05) is 17.3 Å². The number of ether oxygens (including phenoxy) is 1. The molecule has 1 atom stereocenters. The minimum Gasteiger partial charge on any atom is -0.497 e. The molecule has 0 heterocycles. The van der Waals surface area contributed by atoms with E-state index in [9.17, 15) is 4.39 Å². The Kier molecular flexibility index (Phi) is 4.66. The fraction of sp³-hybridized carbons (Fsp3) is 0.188. The highest BCUT2D eigenvalue weighted by atomic mass is 35.5. The summed E-state index contributed by atoms with van der Waals surface area (Å²) in [6, 6.07) is 11.5. The Hall–Kier alpha value is -2.25. The molecule has 21 heavy (non-hydrogen) atoms. The molecular weight excluding hydrogens is 291 g/mol. The highest BCUT2D eigenvalue weighted by molar-refractivity contribution is 6.31. The monoisotopic (exact) mass is 304 g/mol. The van der Waals surface area contributed by atoms with Crippen LogP contribution in [0.1, 0.15) is 24.1 Å². The third kappa shape index (κ3) is 3.45. The van der Waals surface area contributed by atoms with Crippen LogP contribution in [0.15, 0.2) is 36.4 Å². The molecule has 0 aromatic heterocycles. The molecule has 0 aliphatic rings. The van der Waals surface area contributed by atoms with E-state index >= 15 is 0 Å². The molecule has 2 rings (SSSR count). The molecule has 0 bridgehead atoms. The van der Waals surface area contributed by atoms with Gasteiger partial charge in [-0.15, -0.1) is 0 Å². The summed E-state index contributed by atoms with van der Waals surface area (Å²) in [4.78, 5) is 0. The highest BCUT2D eigenvalue weighted by Crippen LogP contribution is 2.26. The van der Waals surface area contributed by atoms with Crippen molar-refractivity contribution in [3.8, 4) is 11.8 Å². The Bertz CT molecular complexity index is 697. The lowest BCUT2D eigenvalue weighted by atomic mass is 10.1. The minimum atomic E-state index is -0.344. The van der Waals surface area contributed by atoms with Crippen molar-refractivity contribution < 1.29 is 9.13 Å². The lowest BCUT2D eigenvalue weighted by Gasteiger charge is -2.17. The molecule has 0 amide bonds. The molecule has 3 nitrogen and oxygen atoms in total. The SMILES string of the molecule is COc1ccc(C(C)Nc2ccc(Cl)c(C#N)c2)c(F)c1. The Morgan fingerprint density at radius 1 is 1.29 bits per heavy atom. The van der Waals surface area contributed by atoms with E-state index in [1.807, 2.05) is 13.0 Å². The first-order valence-corrected chi connectivity index (χ1v) is 6.72. The first-order chi connectivity index (χ1) is 10.0. The molecular formula is C16H14ClFN2O. The van der Waals surface area contributed by atoms with Crippen LogP contribution >= 0.6 is 11.6 Å². The van der Waals surface area contributed by atoms with Crippen molar-refractivity contribution in [2.45, 2.75) is 13.0 Å². The molecule has 0 spiro atoms. The van der Waals surface area contributed by atoms with E-state index < -0.39 is 0 Å². The number of halogens is 2. The minimum absolute atomic E-state index is 0.261. The molecule has 0 saturated heterocycles. The van der Waals surface area contributed by atoms with Crippen molar-refractivity contribution in [3.05, 3.63) is 58.4 Å². The van der Waals surface area contributed by atoms with Crippen LogP contribution in [-0.2, 0) is 0 Å². The van der Waals surface area contributed by atoms with E-state index in [-0.39, 0.29) is 11.9 Å². The second kappa shape index (κ2) is 6.47. The zero-order valence-corrected chi connectivity index (χ0v) is 12.4. The summed E-state index contributed by atoms with van der Waals surface area (Å²) in [5.41, 5.74) is 1.60. The number of hydrogen-bond donors (Lipinski definition) is 1. The predicted octanol–water partition coefficient (Wildman–Crippen LogP) is 4.53. The van der Waals surface area contributed by atoms with Crippen LogP contribution in [0.2, 0.25) is 5.02 Å². The summed E-state index contributed by atoms with van der Waals surface area (Å²) in [5, 5.41) is 12.5. The standard InChI is InChI=1S/C16H14ClFN2O/c1-10(14-5-4-13(21-2)8-16(14)18)20-12-3-6-15(17)11(7-12)9-19/h3-8,10,20H,1-2H3. The van der Waals surface area contributed by atoms with Crippen molar-refractivity contribution in [1.82, 2.24) is 0 Å². The molecule has 1 N–H and O–H groups in total. The van der Waals surface area contributed by atoms with E-state index in [2.05, 4.69) is 5.32 Å². The normalized spacial score (nSPS) is 11.6. The van der Waals surface area contributed by atoms with Gasteiger partial charge in [-0.1, -0.05) is 17.7 Å². The molecule has 108 valence electrons. The Labute approximate surface area is 127 Å². The van der Waals surface area contributed by atoms with Crippen LogP contribution in [0.4, 0.5) is 10.1 Å². The van der Waals surface area contributed by atoms with Crippen molar-refractivity contribution in [2.24, 2.45) is 0 Å². The summed E-state index contributed by atoms with van der Waals surface area (Å²) in [5.74, 6) is 0.130. The third-order valence-corrected chi connectivity index (χ3v) is 3.47. The number of benzene rings is 2. The molecule has 0 aliphatic carbocycles. The molecule has 5 heteroatoms. The smallest absolute Gasteiger partial charge is 0.132 e. The van der Waals surface area contributed by atoms with Gasteiger partial charge in [0.2, 0.25) is 0 Å². The number of anilines is 1. The lowest BCUT2D eigenvalue weighted by molar-refractivity contribution is 0.410. The van der Waals surface area contributed by atoms with Gasteiger partial charge < -0.3 is 10.1 Å². The average Bonchev–Trinajstić information content (AvgIpc) is 2.48. The largest absolute Gasteiger partial charge is 0.497 e. The second-order valence-corrected chi connectivity index (χ2v) is 4.97. The number of nitrogens with zero attached hydrogens (tertiary/aromatic N) is 1. The van der Waals surface area contributed by atoms with Crippen molar-refractivity contribution in [1.29, 1.82) is 5.26 Å². The van der Waals surface area contributed by atoms with Gasteiger partial charge in [-0.05, 0) is 31.2 Å². The molecule has 2 aromatic carbocycles. The predicted molar refractivity (Wildman–Crippen MR) is 81.2 cm³/mol. The molecule has 0 radical (unpaired) electrons. The second-order valence-electron chi connectivity index (χ2n) is 4.56. The van der Waals surface area contributed by atoms with Crippen LogP contribution in [0, 0.1) is 17.1 Å². The van der Waals surface area contributed by atoms with Crippen molar-refractivity contribution in [3.63, 3.8) is 0 Å². The summed E-state index contributed by atoms with van der Waals surface area (Å²) < 4.78 is 19.0. The summed E-state index contributed by atoms with van der Waals surface area (Å²) >= 11 is 5.88. The Morgan fingerprint density at radius 2 is 2.05 bits per heavy atom. The number of methoxy groups -OCH3 is 1.